The summed E-state index contributed by atoms with van der Waals surface area (Å²) in [6.45, 7) is 11.9. The summed E-state index contributed by atoms with van der Waals surface area (Å²) >= 11 is 0. The van der Waals surface area contributed by atoms with Gasteiger partial charge in [0.15, 0.2) is 0 Å². The third-order valence-electron chi connectivity index (χ3n) is 4.47. The summed E-state index contributed by atoms with van der Waals surface area (Å²) in [5, 5.41) is 0. The highest BCUT2D eigenvalue weighted by molar-refractivity contribution is 6.62. The summed E-state index contributed by atoms with van der Waals surface area (Å²) in [4.78, 5) is 11.8. The minimum atomic E-state index is -0.418. The quantitative estimate of drug-likeness (QED) is 0.619. The first kappa shape index (κ1) is 16.1. The van der Waals surface area contributed by atoms with Crippen molar-refractivity contribution in [1.29, 1.82) is 0 Å². The van der Waals surface area contributed by atoms with E-state index >= 15 is 0 Å². The van der Waals surface area contributed by atoms with Gasteiger partial charge in [-0.25, -0.2) is 4.79 Å². The Morgan fingerprint density at radius 2 is 1.48 bits per heavy atom. The number of ether oxygens (including phenoxy) is 1. The monoisotopic (exact) mass is 290 g/mol. The molecule has 1 aromatic rings. The minimum Gasteiger partial charge on any atom is -0.465 e. The van der Waals surface area contributed by atoms with Crippen molar-refractivity contribution in [2.45, 2.75) is 52.7 Å². The zero-order valence-corrected chi connectivity index (χ0v) is 13.9. The van der Waals surface area contributed by atoms with E-state index in [9.17, 15) is 4.79 Å². The van der Waals surface area contributed by atoms with Gasteiger partial charge in [-0.2, -0.15) is 0 Å². The van der Waals surface area contributed by atoms with Crippen LogP contribution in [0.4, 0.5) is 0 Å². The van der Waals surface area contributed by atoms with Crippen molar-refractivity contribution in [3.8, 4) is 0 Å². The molecule has 1 saturated heterocycles. The molecule has 0 amide bonds. The first-order valence-corrected chi connectivity index (χ1v) is 7.14. The summed E-state index contributed by atoms with van der Waals surface area (Å²) in [6, 6.07) is 3.86. The average Bonchev–Trinajstić information content (AvgIpc) is 2.57. The van der Waals surface area contributed by atoms with E-state index in [0.29, 0.717) is 5.56 Å². The van der Waals surface area contributed by atoms with Crippen molar-refractivity contribution in [1.82, 2.24) is 0 Å². The Morgan fingerprint density at radius 3 is 1.86 bits per heavy atom. The first-order chi connectivity index (χ1) is 9.59. The molecule has 5 heteroatoms. The molecule has 0 aromatic heterocycles. The van der Waals surface area contributed by atoms with Gasteiger partial charge in [-0.1, -0.05) is 12.1 Å². The average molecular weight is 290 g/mol. The van der Waals surface area contributed by atoms with E-state index in [0.717, 1.165) is 16.6 Å². The van der Waals surface area contributed by atoms with Gasteiger partial charge in [0.2, 0.25) is 0 Å². The molecule has 1 heterocycles. The van der Waals surface area contributed by atoms with Gasteiger partial charge in [-0.15, -0.1) is 0 Å². The van der Waals surface area contributed by atoms with Crippen LogP contribution in [0.15, 0.2) is 12.1 Å². The fraction of sp³-hybridized carbons (Fsp3) is 0.562. The minimum absolute atomic E-state index is 0.314. The Balaban J connectivity index is 2.38. The van der Waals surface area contributed by atoms with Crippen LogP contribution in [-0.2, 0) is 14.0 Å². The molecule has 0 N–H and O–H groups in total. The fourth-order valence-electron chi connectivity index (χ4n) is 2.54. The van der Waals surface area contributed by atoms with Gasteiger partial charge in [0.25, 0.3) is 0 Å². The second-order valence-corrected chi connectivity index (χ2v) is 6.61. The summed E-state index contributed by atoms with van der Waals surface area (Å²) in [6.07, 6.45) is 0. The number of methoxy groups -OCH3 is 1. The van der Waals surface area contributed by atoms with E-state index in [2.05, 4.69) is 0 Å². The van der Waals surface area contributed by atoms with Gasteiger partial charge in [0.1, 0.15) is 0 Å². The standard InChI is InChI=1S/C16H23BO4/c1-10-8-12(9-11(2)13(10)14(18)19-7)17-20-15(3,4)16(5,6)21-17/h8-9H,1-7H3. The third-order valence-corrected chi connectivity index (χ3v) is 4.47. The van der Waals surface area contributed by atoms with Crippen LogP contribution in [0, 0.1) is 13.8 Å². The maximum Gasteiger partial charge on any atom is 0.494 e. The SMILES string of the molecule is COC(=O)c1c(C)cc(B2OC(C)(C)C(C)(C)O2)cc1C. The maximum atomic E-state index is 11.8. The maximum absolute atomic E-state index is 11.8. The van der Waals surface area contributed by atoms with Crippen molar-refractivity contribution in [3.05, 3.63) is 28.8 Å². The lowest BCUT2D eigenvalue weighted by Crippen LogP contribution is -2.41. The molecule has 0 aliphatic carbocycles. The predicted molar refractivity (Wildman–Crippen MR) is 83.0 cm³/mol. The van der Waals surface area contributed by atoms with Crippen LogP contribution in [0.25, 0.3) is 0 Å². The van der Waals surface area contributed by atoms with E-state index in [1.165, 1.54) is 7.11 Å². The van der Waals surface area contributed by atoms with E-state index < -0.39 is 7.12 Å². The molecule has 2 rings (SSSR count). The Bertz CT molecular complexity index is 539. The number of aryl methyl sites for hydroxylation is 2. The summed E-state index contributed by atoms with van der Waals surface area (Å²) < 4.78 is 16.9. The number of benzene rings is 1. The fourth-order valence-corrected chi connectivity index (χ4v) is 2.54. The molecule has 0 atom stereocenters. The van der Waals surface area contributed by atoms with Gasteiger partial charge < -0.3 is 14.0 Å². The van der Waals surface area contributed by atoms with Crippen LogP contribution < -0.4 is 5.46 Å². The predicted octanol–water partition coefficient (Wildman–Crippen LogP) is 2.39. The van der Waals surface area contributed by atoms with E-state index in [1.807, 2.05) is 53.7 Å². The molecular formula is C16H23BO4. The Labute approximate surface area is 126 Å². The largest absolute Gasteiger partial charge is 0.494 e. The number of carbonyl (C=O) groups is 1. The molecule has 1 aromatic carbocycles. The lowest BCUT2D eigenvalue weighted by molar-refractivity contribution is 0.00578. The van der Waals surface area contributed by atoms with Crippen molar-refractivity contribution >= 4 is 18.6 Å². The number of esters is 1. The van der Waals surface area contributed by atoms with Gasteiger partial charge in [0, 0.05) is 0 Å². The van der Waals surface area contributed by atoms with Gasteiger partial charge >= 0.3 is 13.1 Å². The van der Waals surface area contributed by atoms with Crippen molar-refractivity contribution in [2.75, 3.05) is 7.11 Å². The van der Waals surface area contributed by atoms with E-state index in [-0.39, 0.29) is 17.2 Å². The highest BCUT2D eigenvalue weighted by atomic mass is 16.7. The van der Waals surface area contributed by atoms with Crippen molar-refractivity contribution in [2.24, 2.45) is 0 Å². The number of hydrogen-bond acceptors (Lipinski definition) is 4. The Morgan fingerprint density at radius 1 is 1.05 bits per heavy atom. The normalized spacial score (nSPS) is 19.7. The lowest BCUT2D eigenvalue weighted by atomic mass is 9.76. The zero-order valence-electron chi connectivity index (χ0n) is 13.9. The Hall–Kier alpha value is -1.33. The molecule has 0 spiro atoms. The van der Waals surface area contributed by atoms with Gasteiger partial charge in [0.05, 0.1) is 23.9 Å². The van der Waals surface area contributed by atoms with Crippen LogP contribution in [0.2, 0.25) is 0 Å². The van der Waals surface area contributed by atoms with Crippen LogP contribution in [0.1, 0.15) is 49.2 Å². The number of rotatable bonds is 2. The van der Waals surface area contributed by atoms with Crippen LogP contribution in [0.3, 0.4) is 0 Å². The molecule has 4 nitrogen and oxygen atoms in total. The summed E-state index contributed by atoms with van der Waals surface area (Å²) in [5.41, 5.74) is 2.52. The molecule has 0 radical (unpaired) electrons. The second kappa shape index (κ2) is 5.14. The van der Waals surface area contributed by atoms with E-state index in [4.69, 9.17) is 14.0 Å². The molecule has 21 heavy (non-hydrogen) atoms. The molecule has 1 aliphatic heterocycles. The molecule has 1 aliphatic rings. The molecule has 0 bridgehead atoms. The van der Waals surface area contributed by atoms with Crippen LogP contribution in [0.5, 0.6) is 0 Å². The van der Waals surface area contributed by atoms with Gasteiger partial charge in [-0.3, -0.25) is 0 Å². The molecule has 114 valence electrons. The highest BCUT2D eigenvalue weighted by Gasteiger charge is 2.51. The van der Waals surface area contributed by atoms with Gasteiger partial charge in [-0.05, 0) is 58.1 Å². The first-order valence-electron chi connectivity index (χ1n) is 7.14. The van der Waals surface area contributed by atoms with Crippen molar-refractivity contribution in [3.63, 3.8) is 0 Å². The highest BCUT2D eigenvalue weighted by Crippen LogP contribution is 2.36. The topological polar surface area (TPSA) is 44.8 Å². The molecule has 0 saturated carbocycles. The van der Waals surface area contributed by atoms with E-state index in [1.54, 1.807) is 0 Å². The number of hydrogen-bond donors (Lipinski definition) is 0. The smallest absolute Gasteiger partial charge is 0.465 e. The second-order valence-electron chi connectivity index (χ2n) is 6.61. The molecule has 0 unspecified atom stereocenters. The van der Waals surface area contributed by atoms with Crippen molar-refractivity contribution < 1.29 is 18.8 Å². The summed E-state index contributed by atoms with van der Waals surface area (Å²) in [7, 11) is 0.975. The van der Waals surface area contributed by atoms with Crippen LogP contribution in [-0.4, -0.2) is 31.4 Å². The Kier molecular flexibility index (Phi) is 3.93. The zero-order chi connectivity index (χ0) is 16.0. The third kappa shape index (κ3) is 2.72. The summed E-state index contributed by atoms with van der Waals surface area (Å²) in [5.74, 6) is -0.314. The molecule has 1 fully saturated rings. The number of carbonyl (C=O) groups excluding carboxylic acids is 1. The van der Waals surface area contributed by atoms with Crippen LogP contribution >= 0.6 is 0 Å². The molecular weight excluding hydrogens is 267 g/mol. The lowest BCUT2D eigenvalue weighted by Gasteiger charge is -2.32.